The summed E-state index contributed by atoms with van der Waals surface area (Å²) < 4.78 is 0. The van der Waals surface area contributed by atoms with Gasteiger partial charge in [0.25, 0.3) is 0 Å². The van der Waals surface area contributed by atoms with Crippen molar-refractivity contribution in [3.05, 3.63) is 81.5 Å². The van der Waals surface area contributed by atoms with Crippen LogP contribution in [0, 0.1) is 0 Å². The van der Waals surface area contributed by atoms with E-state index in [0.717, 1.165) is 32.6 Å². The lowest BCUT2D eigenvalue weighted by atomic mass is 9.97. The summed E-state index contributed by atoms with van der Waals surface area (Å²) in [6.45, 7) is 4.39. The lowest BCUT2D eigenvalue weighted by Gasteiger charge is -2.35. The zero-order valence-electron chi connectivity index (χ0n) is 15.1. The van der Waals surface area contributed by atoms with Gasteiger partial charge in [-0.3, -0.25) is 4.90 Å². The molecule has 5 rings (SSSR count). The second-order valence-corrected chi connectivity index (χ2v) is 7.93. The van der Waals surface area contributed by atoms with E-state index >= 15 is 0 Å². The van der Waals surface area contributed by atoms with E-state index in [1.54, 1.807) is 0 Å². The molecule has 2 aromatic carbocycles. The zero-order valence-corrected chi connectivity index (χ0v) is 17.5. The quantitative estimate of drug-likeness (QED) is 0.494. The lowest BCUT2D eigenvalue weighted by molar-refractivity contribution is 0.200. The highest BCUT2D eigenvalue weighted by atomic mass is 35.5. The molecule has 2 aliphatic rings. The standard InChI is InChI=1S/C22H22N2S.2ClH/c1-2-5-19-16(4-1)14-18-15-17(7-8-20(18)19)22(21-6-3-13-25-21)24-11-9-23-10-12-24;;/h1-8,13,15,22-23H,9-12,14H2;2*1H/t22-;;/m0../s1. The molecule has 1 aromatic heterocycles. The fourth-order valence-corrected chi connectivity index (χ4v) is 5.16. The van der Waals surface area contributed by atoms with E-state index in [1.165, 1.54) is 32.7 Å². The highest BCUT2D eigenvalue weighted by Crippen LogP contribution is 2.40. The molecule has 0 unspecified atom stereocenters. The molecular weight excluding hydrogens is 395 g/mol. The molecule has 1 N–H and O–H groups in total. The molecular formula is C22H24Cl2N2S. The second kappa shape index (κ2) is 8.76. The Morgan fingerprint density at radius 2 is 1.63 bits per heavy atom. The Hall–Kier alpha value is -1.36. The molecule has 5 heteroatoms. The minimum absolute atomic E-state index is 0. The minimum atomic E-state index is 0. The van der Waals surface area contributed by atoms with Crippen LogP contribution in [-0.2, 0) is 6.42 Å². The van der Waals surface area contributed by atoms with E-state index in [4.69, 9.17) is 0 Å². The smallest absolute Gasteiger partial charge is 0.0697 e. The van der Waals surface area contributed by atoms with Crippen molar-refractivity contribution in [2.75, 3.05) is 26.2 Å². The SMILES string of the molecule is Cl.Cl.c1csc([C@H](c2ccc3c(c2)Cc2ccccc2-3)N2CCNCC2)c1. The first-order valence-corrected chi connectivity index (χ1v) is 9.97. The van der Waals surface area contributed by atoms with Gasteiger partial charge in [0.2, 0.25) is 0 Å². The van der Waals surface area contributed by atoms with E-state index in [1.807, 2.05) is 11.3 Å². The van der Waals surface area contributed by atoms with Gasteiger partial charge in [-0.05, 0) is 45.7 Å². The van der Waals surface area contributed by atoms with Crippen LogP contribution in [0.25, 0.3) is 11.1 Å². The molecule has 1 saturated heterocycles. The van der Waals surface area contributed by atoms with Crippen molar-refractivity contribution in [2.45, 2.75) is 12.5 Å². The van der Waals surface area contributed by atoms with E-state index < -0.39 is 0 Å². The van der Waals surface area contributed by atoms with Crippen LogP contribution in [-0.4, -0.2) is 31.1 Å². The fraction of sp³-hybridized carbons (Fsp3) is 0.273. The fourth-order valence-electron chi connectivity index (χ4n) is 4.28. The van der Waals surface area contributed by atoms with Crippen molar-refractivity contribution in [3.63, 3.8) is 0 Å². The predicted molar refractivity (Wildman–Crippen MR) is 120 cm³/mol. The van der Waals surface area contributed by atoms with Gasteiger partial charge in [-0.2, -0.15) is 0 Å². The maximum Gasteiger partial charge on any atom is 0.0697 e. The first-order valence-electron chi connectivity index (χ1n) is 9.09. The first kappa shape index (κ1) is 20.4. The van der Waals surface area contributed by atoms with Gasteiger partial charge in [-0.15, -0.1) is 36.2 Å². The van der Waals surface area contributed by atoms with Crippen molar-refractivity contribution in [1.82, 2.24) is 10.2 Å². The molecule has 0 radical (unpaired) electrons. The maximum absolute atomic E-state index is 3.48. The topological polar surface area (TPSA) is 15.3 Å². The summed E-state index contributed by atoms with van der Waals surface area (Å²) in [6, 6.07) is 20.8. The largest absolute Gasteiger partial charge is 0.314 e. The van der Waals surface area contributed by atoms with Gasteiger partial charge >= 0.3 is 0 Å². The molecule has 27 heavy (non-hydrogen) atoms. The van der Waals surface area contributed by atoms with Gasteiger partial charge in [0.15, 0.2) is 0 Å². The molecule has 3 aromatic rings. The van der Waals surface area contributed by atoms with Crippen LogP contribution in [0.15, 0.2) is 60.0 Å². The molecule has 1 fully saturated rings. The number of hydrogen-bond acceptors (Lipinski definition) is 3. The molecule has 2 heterocycles. The Labute approximate surface area is 177 Å². The third-order valence-electron chi connectivity index (χ3n) is 5.46. The molecule has 0 bridgehead atoms. The Bertz CT molecular complexity index is 889. The van der Waals surface area contributed by atoms with Crippen molar-refractivity contribution in [2.24, 2.45) is 0 Å². The zero-order chi connectivity index (χ0) is 16.6. The van der Waals surface area contributed by atoms with Crippen LogP contribution >= 0.6 is 36.2 Å². The number of nitrogens with zero attached hydrogens (tertiary/aromatic N) is 1. The van der Waals surface area contributed by atoms with E-state index in [9.17, 15) is 0 Å². The molecule has 0 saturated carbocycles. The number of piperazine rings is 1. The third kappa shape index (κ3) is 3.80. The van der Waals surface area contributed by atoms with Crippen molar-refractivity contribution < 1.29 is 0 Å². The van der Waals surface area contributed by atoms with Crippen LogP contribution in [0.2, 0.25) is 0 Å². The Morgan fingerprint density at radius 3 is 2.41 bits per heavy atom. The molecule has 0 spiro atoms. The summed E-state index contributed by atoms with van der Waals surface area (Å²) in [6.07, 6.45) is 1.07. The van der Waals surface area contributed by atoms with Crippen LogP contribution in [0.5, 0.6) is 0 Å². The summed E-state index contributed by atoms with van der Waals surface area (Å²) >= 11 is 1.88. The van der Waals surface area contributed by atoms with Crippen molar-refractivity contribution >= 4 is 36.2 Å². The highest BCUT2D eigenvalue weighted by molar-refractivity contribution is 7.10. The van der Waals surface area contributed by atoms with E-state index in [2.05, 4.69) is 70.2 Å². The summed E-state index contributed by atoms with van der Waals surface area (Å²) in [7, 11) is 0. The lowest BCUT2D eigenvalue weighted by Crippen LogP contribution is -2.45. The summed E-state index contributed by atoms with van der Waals surface area (Å²) in [4.78, 5) is 4.09. The number of halogens is 2. The van der Waals surface area contributed by atoms with Gasteiger partial charge in [0.05, 0.1) is 6.04 Å². The third-order valence-corrected chi connectivity index (χ3v) is 6.39. The Balaban J connectivity index is 0.00000105. The van der Waals surface area contributed by atoms with Crippen molar-refractivity contribution in [3.8, 4) is 11.1 Å². The monoisotopic (exact) mass is 418 g/mol. The normalized spacial score (nSPS) is 16.6. The van der Waals surface area contributed by atoms with E-state index in [0.29, 0.717) is 6.04 Å². The molecule has 1 atom stereocenters. The first-order chi connectivity index (χ1) is 12.4. The number of nitrogens with one attached hydrogen (secondary N) is 1. The Morgan fingerprint density at radius 1 is 0.852 bits per heavy atom. The second-order valence-electron chi connectivity index (χ2n) is 6.95. The van der Waals surface area contributed by atoms with E-state index in [-0.39, 0.29) is 24.8 Å². The van der Waals surface area contributed by atoms with Crippen LogP contribution in [0.3, 0.4) is 0 Å². The molecule has 2 nitrogen and oxygen atoms in total. The van der Waals surface area contributed by atoms with Crippen LogP contribution < -0.4 is 5.32 Å². The average Bonchev–Trinajstić information content (AvgIpc) is 3.30. The average molecular weight is 419 g/mol. The van der Waals surface area contributed by atoms with Gasteiger partial charge in [0, 0.05) is 31.1 Å². The van der Waals surface area contributed by atoms with Crippen molar-refractivity contribution in [1.29, 1.82) is 0 Å². The molecule has 0 amide bonds. The minimum Gasteiger partial charge on any atom is -0.314 e. The van der Waals surface area contributed by atoms with Gasteiger partial charge in [-0.1, -0.05) is 48.5 Å². The molecule has 1 aliphatic carbocycles. The summed E-state index contributed by atoms with van der Waals surface area (Å²) in [5.41, 5.74) is 7.22. The number of rotatable bonds is 3. The van der Waals surface area contributed by atoms with Gasteiger partial charge < -0.3 is 5.32 Å². The predicted octanol–water partition coefficient (Wildman–Crippen LogP) is 5.16. The molecule has 142 valence electrons. The number of fused-ring (bicyclic) bond motifs is 3. The number of hydrogen-bond donors (Lipinski definition) is 1. The number of benzene rings is 2. The van der Waals surface area contributed by atoms with Crippen LogP contribution in [0.1, 0.15) is 27.6 Å². The Kier molecular flexibility index (Phi) is 6.61. The highest BCUT2D eigenvalue weighted by Gasteiger charge is 2.26. The summed E-state index contributed by atoms with van der Waals surface area (Å²) in [5.74, 6) is 0. The summed E-state index contributed by atoms with van der Waals surface area (Å²) in [5, 5.41) is 5.68. The molecule has 1 aliphatic heterocycles. The maximum atomic E-state index is 3.48. The van der Waals surface area contributed by atoms with Gasteiger partial charge in [0.1, 0.15) is 0 Å². The number of thiophene rings is 1. The van der Waals surface area contributed by atoms with Gasteiger partial charge in [-0.25, -0.2) is 0 Å². The van der Waals surface area contributed by atoms with Crippen LogP contribution in [0.4, 0.5) is 0 Å².